The molecule has 4 rings (SSSR count). The van der Waals surface area contributed by atoms with Crippen molar-refractivity contribution in [2.45, 2.75) is 32.0 Å². The lowest BCUT2D eigenvalue weighted by Gasteiger charge is -2.19. The predicted molar refractivity (Wildman–Crippen MR) is 118 cm³/mol. The Bertz CT molecular complexity index is 1200. The van der Waals surface area contributed by atoms with Gasteiger partial charge in [0.25, 0.3) is 5.91 Å². The maximum absolute atomic E-state index is 12.8. The molecule has 1 atom stereocenters. The fourth-order valence-corrected chi connectivity index (χ4v) is 3.66. The molecule has 1 aromatic carbocycles. The summed E-state index contributed by atoms with van der Waals surface area (Å²) in [7, 11) is 1.58. The molecule has 0 spiro atoms. The van der Waals surface area contributed by atoms with E-state index in [1.807, 2.05) is 24.3 Å². The number of halogens is 3. The molecular formula is C24H23F3N4O4. The smallest absolute Gasteiger partial charge is 0.417 e. The largest absolute Gasteiger partial charge is 0.497 e. The third kappa shape index (κ3) is 5.61. The summed E-state index contributed by atoms with van der Waals surface area (Å²) in [5.41, 5.74) is 0.440. The number of pyridine rings is 1. The number of esters is 1. The van der Waals surface area contributed by atoms with Crippen molar-refractivity contribution in [2.24, 2.45) is 5.92 Å². The van der Waals surface area contributed by atoms with Gasteiger partial charge >= 0.3 is 12.1 Å². The van der Waals surface area contributed by atoms with Gasteiger partial charge in [0.05, 0.1) is 30.6 Å². The number of nitrogens with one attached hydrogen (secondary N) is 1. The molecule has 2 heterocycles. The van der Waals surface area contributed by atoms with Gasteiger partial charge in [-0.2, -0.15) is 18.3 Å². The molecule has 8 nitrogen and oxygen atoms in total. The van der Waals surface area contributed by atoms with Gasteiger partial charge in [0.1, 0.15) is 11.3 Å². The van der Waals surface area contributed by atoms with Gasteiger partial charge in [0.15, 0.2) is 12.4 Å². The second kappa shape index (κ2) is 9.77. The van der Waals surface area contributed by atoms with Crippen molar-refractivity contribution in [1.82, 2.24) is 20.1 Å². The van der Waals surface area contributed by atoms with Crippen molar-refractivity contribution in [3.05, 3.63) is 71.2 Å². The first-order valence-corrected chi connectivity index (χ1v) is 10.9. The summed E-state index contributed by atoms with van der Waals surface area (Å²) in [5.74, 6) is -0.0754. The molecular weight excluding hydrogens is 465 g/mol. The van der Waals surface area contributed by atoms with E-state index >= 15 is 0 Å². The van der Waals surface area contributed by atoms with E-state index in [9.17, 15) is 22.8 Å². The zero-order chi connectivity index (χ0) is 25.2. The van der Waals surface area contributed by atoms with Crippen LogP contribution in [0.15, 0.2) is 48.8 Å². The number of amides is 1. The maximum Gasteiger partial charge on any atom is 0.417 e. The number of methoxy groups -OCH3 is 1. The summed E-state index contributed by atoms with van der Waals surface area (Å²) in [5, 5.41) is 6.94. The van der Waals surface area contributed by atoms with Gasteiger partial charge in [-0.25, -0.2) is 14.5 Å². The predicted octanol–water partition coefficient (Wildman–Crippen LogP) is 4.03. The van der Waals surface area contributed by atoms with Crippen LogP contribution in [0.3, 0.4) is 0 Å². The molecule has 1 saturated carbocycles. The van der Waals surface area contributed by atoms with Gasteiger partial charge < -0.3 is 14.8 Å². The van der Waals surface area contributed by atoms with Crippen LogP contribution in [-0.2, 0) is 15.7 Å². The first kappa shape index (κ1) is 24.2. The van der Waals surface area contributed by atoms with Crippen molar-refractivity contribution < 1.29 is 32.2 Å². The molecule has 1 aliphatic rings. The van der Waals surface area contributed by atoms with E-state index in [1.54, 1.807) is 14.0 Å². The molecule has 1 unspecified atom stereocenters. The van der Waals surface area contributed by atoms with Crippen molar-refractivity contribution in [1.29, 1.82) is 0 Å². The topological polar surface area (TPSA) is 95.3 Å². The highest BCUT2D eigenvalue weighted by Crippen LogP contribution is 2.41. The van der Waals surface area contributed by atoms with Crippen LogP contribution in [0, 0.1) is 12.8 Å². The number of ether oxygens (including phenoxy) is 2. The van der Waals surface area contributed by atoms with Crippen molar-refractivity contribution in [3.8, 4) is 11.6 Å². The summed E-state index contributed by atoms with van der Waals surface area (Å²) in [6, 6.07) is 9.27. The summed E-state index contributed by atoms with van der Waals surface area (Å²) in [6.45, 7) is 1.07. The summed E-state index contributed by atoms with van der Waals surface area (Å²) in [6.07, 6.45) is -0.608. The summed E-state index contributed by atoms with van der Waals surface area (Å²) >= 11 is 0. The molecule has 35 heavy (non-hydrogen) atoms. The number of carbonyl (C=O) groups excluding carboxylic acids is 2. The zero-order valence-corrected chi connectivity index (χ0v) is 19.0. The molecule has 0 aliphatic heterocycles. The molecule has 3 aromatic rings. The Hall–Kier alpha value is -3.89. The first-order valence-electron chi connectivity index (χ1n) is 10.9. The molecule has 1 amide bonds. The van der Waals surface area contributed by atoms with Gasteiger partial charge in [-0.15, -0.1) is 0 Å². The Labute approximate surface area is 199 Å². The normalized spacial score (nSPS) is 14.3. The fraction of sp³-hybridized carbons (Fsp3) is 0.333. The monoisotopic (exact) mass is 488 g/mol. The van der Waals surface area contributed by atoms with E-state index in [-0.39, 0.29) is 17.4 Å². The minimum absolute atomic E-state index is 0.0772. The van der Waals surface area contributed by atoms with Gasteiger partial charge in [-0.05, 0) is 55.5 Å². The molecule has 1 aliphatic carbocycles. The average molecular weight is 488 g/mol. The lowest BCUT2D eigenvalue weighted by molar-refractivity contribution is -0.137. The Balaban J connectivity index is 1.37. The van der Waals surface area contributed by atoms with Gasteiger partial charge in [-0.1, -0.05) is 12.1 Å². The summed E-state index contributed by atoms with van der Waals surface area (Å²) in [4.78, 5) is 28.8. The molecule has 0 bridgehead atoms. The van der Waals surface area contributed by atoms with E-state index in [0.29, 0.717) is 23.6 Å². The second-order valence-electron chi connectivity index (χ2n) is 8.19. The molecule has 184 valence electrons. The number of aromatic nitrogens is 3. The molecule has 1 fully saturated rings. The molecule has 0 saturated heterocycles. The SMILES string of the molecule is COc1ccc(C(NC(=O)COC(=O)c2cnn(-c3ccc(C(F)(F)F)cn3)c2C)C2CC2)cc1. The third-order valence-electron chi connectivity index (χ3n) is 5.74. The highest BCUT2D eigenvalue weighted by molar-refractivity contribution is 5.92. The van der Waals surface area contributed by atoms with Crippen LogP contribution in [0.25, 0.3) is 5.82 Å². The number of hydrogen-bond acceptors (Lipinski definition) is 6. The van der Waals surface area contributed by atoms with Crippen LogP contribution in [0.1, 0.15) is 46.1 Å². The lowest BCUT2D eigenvalue weighted by atomic mass is 10.0. The minimum atomic E-state index is -4.51. The molecule has 0 radical (unpaired) electrons. The van der Waals surface area contributed by atoms with E-state index in [1.165, 1.54) is 10.9 Å². The van der Waals surface area contributed by atoms with E-state index in [0.717, 1.165) is 30.5 Å². The second-order valence-corrected chi connectivity index (χ2v) is 8.19. The summed E-state index contributed by atoms with van der Waals surface area (Å²) < 4.78 is 49.8. The minimum Gasteiger partial charge on any atom is -0.497 e. The highest BCUT2D eigenvalue weighted by atomic mass is 19.4. The number of nitrogens with zero attached hydrogens (tertiary/aromatic N) is 3. The fourth-order valence-electron chi connectivity index (χ4n) is 3.66. The molecule has 2 aromatic heterocycles. The van der Waals surface area contributed by atoms with Crippen LogP contribution in [0.2, 0.25) is 0 Å². The average Bonchev–Trinajstić information content (AvgIpc) is 3.62. The maximum atomic E-state index is 12.8. The van der Waals surface area contributed by atoms with Crippen molar-refractivity contribution in [3.63, 3.8) is 0 Å². The van der Waals surface area contributed by atoms with Crippen LogP contribution in [0.5, 0.6) is 5.75 Å². The van der Waals surface area contributed by atoms with Crippen molar-refractivity contribution >= 4 is 11.9 Å². The number of hydrogen-bond donors (Lipinski definition) is 1. The van der Waals surface area contributed by atoms with Crippen LogP contribution in [0.4, 0.5) is 13.2 Å². The Morgan fingerprint density at radius 2 is 1.86 bits per heavy atom. The highest BCUT2D eigenvalue weighted by Gasteiger charge is 2.34. The van der Waals surface area contributed by atoms with Crippen LogP contribution >= 0.6 is 0 Å². The lowest BCUT2D eigenvalue weighted by Crippen LogP contribution is -2.33. The van der Waals surface area contributed by atoms with E-state index in [2.05, 4.69) is 15.4 Å². The number of carbonyl (C=O) groups is 2. The standard InChI is InChI=1S/C24H23F3N4O4/c1-14-19(12-29-31(14)20-10-7-17(11-28-20)24(25,26)27)23(33)35-13-21(32)30-22(15-3-4-15)16-5-8-18(34-2)9-6-16/h5-12,15,22H,3-4,13H2,1-2H3,(H,30,32). The number of benzene rings is 1. The zero-order valence-electron chi connectivity index (χ0n) is 19.0. The van der Waals surface area contributed by atoms with E-state index < -0.39 is 30.2 Å². The molecule has 1 N–H and O–H groups in total. The number of alkyl halides is 3. The Morgan fingerprint density at radius 1 is 1.14 bits per heavy atom. The first-order chi connectivity index (χ1) is 16.7. The third-order valence-corrected chi connectivity index (χ3v) is 5.74. The number of rotatable bonds is 8. The van der Waals surface area contributed by atoms with Crippen molar-refractivity contribution in [2.75, 3.05) is 13.7 Å². The quantitative estimate of drug-likeness (QED) is 0.481. The van der Waals surface area contributed by atoms with Gasteiger partial charge in [0, 0.05) is 6.20 Å². The van der Waals surface area contributed by atoms with Gasteiger partial charge in [-0.3, -0.25) is 4.79 Å². The van der Waals surface area contributed by atoms with E-state index in [4.69, 9.17) is 9.47 Å². The van der Waals surface area contributed by atoms with Crippen LogP contribution < -0.4 is 10.1 Å². The van der Waals surface area contributed by atoms with Crippen LogP contribution in [-0.4, -0.2) is 40.4 Å². The molecule has 11 heteroatoms. The Morgan fingerprint density at radius 3 is 2.43 bits per heavy atom. The van der Waals surface area contributed by atoms with Gasteiger partial charge in [0.2, 0.25) is 0 Å². The Kier molecular flexibility index (Phi) is 6.77.